The van der Waals surface area contributed by atoms with E-state index in [1.165, 1.54) is 16.7 Å². The number of hydrogen-bond acceptors (Lipinski definition) is 4. The summed E-state index contributed by atoms with van der Waals surface area (Å²) in [5, 5.41) is 0. The number of fused-ring (bicyclic) bond motifs is 2. The molecule has 27 heavy (non-hydrogen) atoms. The third-order valence-corrected chi connectivity index (χ3v) is 4.60. The molecule has 1 aliphatic heterocycles. The van der Waals surface area contributed by atoms with Gasteiger partial charge in [-0.3, -0.25) is 4.79 Å². The van der Waals surface area contributed by atoms with Crippen LogP contribution in [-0.2, 0) is 22.6 Å². The first-order valence-electron chi connectivity index (χ1n) is 9.43. The second kappa shape index (κ2) is 8.87. The Morgan fingerprint density at radius 2 is 2.00 bits per heavy atom. The molecule has 2 aromatic carbocycles. The van der Waals surface area contributed by atoms with Gasteiger partial charge in [0.25, 0.3) is 0 Å². The SMILES string of the molecule is CCOC(=O)Cc1ccc2c(c1)C(=CCCN(C)C)c1ccccc1CO2. The van der Waals surface area contributed by atoms with Crippen molar-refractivity contribution in [2.24, 2.45) is 0 Å². The smallest absolute Gasteiger partial charge is 0.310 e. The maximum atomic E-state index is 11.9. The van der Waals surface area contributed by atoms with Gasteiger partial charge in [0.2, 0.25) is 0 Å². The van der Waals surface area contributed by atoms with Crippen LogP contribution in [0.5, 0.6) is 5.75 Å². The summed E-state index contributed by atoms with van der Waals surface area (Å²) in [4.78, 5) is 14.1. The van der Waals surface area contributed by atoms with Gasteiger partial charge in [-0.2, -0.15) is 0 Å². The summed E-state index contributed by atoms with van der Waals surface area (Å²) in [6.45, 7) is 3.75. The van der Waals surface area contributed by atoms with Crippen molar-refractivity contribution in [2.45, 2.75) is 26.4 Å². The molecule has 0 N–H and O–H groups in total. The Kier molecular flexibility index (Phi) is 6.30. The van der Waals surface area contributed by atoms with Crippen LogP contribution in [0.3, 0.4) is 0 Å². The Morgan fingerprint density at radius 1 is 1.19 bits per heavy atom. The average molecular weight is 365 g/mol. The van der Waals surface area contributed by atoms with Crippen LogP contribution in [0.1, 0.15) is 35.6 Å². The molecule has 0 amide bonds. The molecule has 0 unspecified atom stereocenters. The zero-order valence-electron chi connectivity index (χ0n) is 16.3. The highest BCUT2D eigenvalue weighted by molar-refractivity contribution is 5.85. The number of carbonyl (C=O) groups is 1. The molecular formula is C23H27NO3. The van der Waals surface area contributed by atoms with Crippen molar-refractivity contribution >= 4 is 11.5 Å². The van der Waals surface area contributed by atoms with Crippen LogP contribution in [0.4, 0.5) is 0 Å². The van der Waals surface area contributed by atoms with E-state index in [-0.39, 0.29) is 12.4 Å². The first-order chi connectivity index (χ1) is 13.1. The number of ether oxygens (including phenoxy) is 2. The van der Waals surface area contributed by atoms with Gasteiger partial charge in [-0.1, -0.05) is 36.4 Å². The first-order valence-corrected chi connectivity index (χ1v) is 9.43. The minimum atomic E-state index is -0.203. The molecule has 0 spiro atoms. The minimum absolute atomic E-state index is 0.203. The zero-order chi connectivity index (χ0) is 19.2. The Hall–Kier alpha value is -2.59. The third kappa shape index (κ3) is 4.77. The molecule has 0 aromatic heterocycles. The molecule has 1 aliphatic rings. The van der Waals surface area contributed by atoms with E-state index in [4.69, 9.17) is 9.47 Å². The number of esters is 1. The monoisotopic (exact) mass is 365 g/mol. The molecule has 4 heteroatoms. The van der Waals surface area contributed by atoms with Crippen molar-refractivity contribution in [1.29, 1.82) is 0 Å². The van der Waals surface area contributed by atoms with Crippen LogP contribution < -0.4 is 4.74 Å². The van der Waals surface area contributed by atoms with Crippen LogP contribution in [0.2, 0.25) is 0 Å². The summed E-state index contributed by atoms with van der Waals surface area (Å²) in [7, 11) is 4.15. The van der Waals surface area contributed by atoms with E-state index >= 15 is 0 Å². The van der Waals surface area contributed by atoms with Gasteiger partial charge in [-0.25, -0.2) is 0 Å². The number of carbonyl (C=O) groups excluding carboxylic acids is 1. The fourth-order valence-corrected chi connectivity index (χ4v) is 3.30. The van der Waals surface area contributed by atoms with E-state index in [2.05, 4.69) is 49.3 Å². The van der Waals surface area contributed by atoms with E-state index in [0.717, 1.165) is 29.8 Å². The summed E-state index contributed by atoms with van der Waals surface area (Å²) >= 11 is 0. The van der Waals surface area contributed by atoms with Gasteiger partial charge < -0.3 is 14.4 Å². The predicted octanol–water partition coefficient (Wildman–Crippen LogP) is 4.07. The molecule has 0 atom stereocenters. The van der Waals surface area contributed by atoms with E-state index in [1.54, 1.807) is 0 Å². The lowest BCUT2D eigenvalue weighted by molar-refractivity contribution is -0.142. The maximum Gasteiger partial charge on any atom is 0.310 e. The molecular weight excluding hydrogens is 338 g/mol. The second-order valence-corrected chi connectivity index (χ2v) is 6.97. The van der Waals surface area contributed by atoms with Gasteiger partial charge in [-0.05, 0) is 61.8 Å². The van der Waals surface area contributed by atoms with E-state index in [0.29, 0.717) is 13.2 Å². The van der Waals surface area contributed by atoms with Gasteiger partial charge in [0, 0.05) is 12.1 Å². The van der Waals surface area contributed by atoms with Crippen LogP contribution in [0, 0.1) is 0 Å². The van der Waals surface area contributed by atoms with Gasteiger partial charge in [0.1, 0.15) is 12.4 Å². The molecule has 0 radical (unpaired) electrons. The minimum Gasteiger partial charge on any atom is -0.488 e. The molecule has 0 saturated heterocycles. The summed E-state index contributed by atoms with van der Waals surface area (Å²) in [5.74, 6) is 0.653. The molecule has 1 heterocycles. The molecule has 0 aliphatic carbocycles. The maximum absolute atomic E-state index is 11.9. The standard InChI is InChI=1S/C23H27NO3/c1-4-26-23(25)15-17-11-12-22-21(14-17)20(10-7-13-24(2)3)19-9-6-5-8-18(19)16-27-22/h5-6,8-12,14H,4,7,13,15-16H2,1-3H3. The number of rotatable bonds is 6. The fraction of sp³-hybridized carbons (Fsp3) is 0.348. The molecule has 142 valence electrons. The first kappa shape index (κ1) is 19.2. The second-order valence-electron chi connectivity index (χ2n) is 6.97. The lowest BCUT2D eigenvalue weighted by Crippen LogP contribution is -2.12. The van der Waals surface area contributed by atoms with Gasteiger partial charge >= 0.3 is 5.97 Å². The highest BCUT2D eigenvalue weighted by Crippen LogP contribution is 2.37. The summed E-state index contributed by atoms with van der Waals surface area (Å²) in [5.41, 5.74) is 5.53. The average Bonchev–Trinajstić information content (AvgIpc) is 2.79. The zero-order valence-corrected chi connectivity index (χ0v) is 16.3. The topological polar surface area (TPSA) is 38.8 Å². The Labute approximate surface area is 161 Å². The predicted molar refractivity (Wildman–Crippen MR) is 108 cm³/mol. The normalized spacial score (nSPS) is 14.3. The third-order valence-electron chi connectivity index (χ3n) is 4.60. The van der Waals surface area contributed by atoms with Crippen LogP contribution in [-0.4, -0.2) is 38.1 Å². The number of benzene rings is 2. The Morgan fingerprint density at radius 3 is 2.78 bits per heavy atom. The van der Waals surface area contributed by atoms with Crippen molar-refractivity contribution in [3.63, 3.8) is 0 Å². The highest BCUT2D eigenvalue weighted by Gasteiger charge is 2.19. The van der Waals surface area contributed by atoms with Crippen molar-refractivity contribution < 1.29 is 14.3 Å². The summed E-state index contributed by atoms with van der Waals surface area (Å²) < 4.78 is 11.2. The quantitative estimate of drug-likeness (QED) is 0.724. The van der Waals surface area contributed by atoms with E-state index in [9.17, 15) is 4.79 Å². The Bertz CT molecular complexity index is 839. The van der Waals surface area contributed by atoms with Crippen molar-refractivity contribution in [3.05, 3.63) is 70.8 Å². The summed E-state index contributed by atoms with van der Waals surface area (Å²) in [6, 6.07) is 14.3. The molecule has 3 rings (SSSR count). The van der Waals surface area contributed by atoms with Crippen molar-refractivity contribution in [2.75, 3.05) is 27.2 Å². The van der Waals surface area contributed by atoms with E-state index in [1.807, 2.05) is 25.1 Å². The van der Waals surface area contributed by atoms with Crippen LogP contribution in [0.25, 0.3) is 5.57 Å². The van der Waals surface area contributed by atoms with Gasteiger partial charge in [0.15, 0.2) is 0 Å². The fourth-order valence-electron chi connectivity index (χ4n) is 3.30. The van der Waals surface area contributed by atoms with E-state index < -0.39 is 0 Å². The number of nitrogens with zero attached hydrogens (tertiary/aromatic N) is 1. The van der Waals surface area contributed by atoms with Crippen LogP contribution >= 0.6 is 0 Å². The lowest BCUT2D eigenvalue weighted by Gasteiger charge is -2.13. The molecule has 0 saturated carbocycles. The van der Waals surface area contributed by atoms with Gasteiger partial charge in [-0.15, -0.1) is 0 Å². The van der Waals surface area contributed by atoms with Crippen molar-refractivity contribution in [1.82, 2.24) is 4.90 Å². The molecule has 2 aromatic rings. The number of hydrogen-bond donors (Lipinski definition) is 0. The largest absolute Gasteiger partial charge is 0.488 e. The molecule has 0 bridgehead atoms. The van der Waals surface area contributed by atoms with Crippen LogP contribution in [0.15, 0.2) is 48.5 Å². The van der Waals surface area contributed by atoms with Gasteiger partial charge in [0.05, 0.1) is 13.0 Å². The molecule has 0 fully saturated rings. The Balaban J connectivity index is 2.01. The van der Waals surface area contributed by atoms with Crippen molar-refractivity contribution in [3.8, 4) is 5.75 Å². The highest BCUT2D eigenvalue weighted by atomic mass is 16.5. The lowest BCUT2D eigenvalue weighted by atomic mass is 9.92. The molecule has 4 nitrogen and oxygen atoms in total. The summed E-state index contributed by atoms with van der Waals surface area (Å²) in [6.07, 6.45) is 3.49.